The lowest BCUT2D eigenvalue weighted by molar-refractivity contribution is 0.112. The molecule has 17 heavy (non-hydrogen) atoms. The average molecular weight is 247 g/mol. The van der Waals surface area contributed by atoms with Gasteiger partial charge < -0.3 is 0 Å². The molecule has 88 valence electrons. The second-order valence-electron chi connectivity index (χ2n) is 4.53. The van der Waals surface area contributed by atoms with Gasteiger partial charge in [0, 0.05) is 16.5 Å². The molecule has 0 heterocycles. The topological polar surface area (TPSA) is 17.1 Å². The standard InChI is InChI=1S/C15H15ClO/c1-9-6-15(11(3)10(9)2)14-5-4-13(16)7-12(14)8-17/h4-8,15H,1-3H3. The zero-order valence-corrected chi connectivity index (χ0v) is 11.0. The number of aldehydes is 1. The summed E-state index contributed by atoms with van der Waals surface area (Å²) in [5, 5.41) is 0.605. The summed E-state index contributed by atoms with van der Waals surface area (Å²) in [6.07, 6.45) is 3.09. The van der Waals surface area contributed by atoms with Crippen LogP contribution < -0.4 is 0 Å². The highest BCUT2D eigenvalue weighted by molar-refractivity contribution is 6.30. The third kappa shape index (κ3) is 2.07. The molecule has 1 nitrogen and oxygen atoms in total. The van der Waals surface area contributed by atoms with E-state index in [0.717, 1.165) is 11.8 Å². The Morgan fingerprint density at radius 1 is 1.24 bits per heavy atom. The Hall–Kier alpha value is -1.34. The van der Waals surface area contributed by atoms with Crippen LogP contribution in [0.15, 0.2) is 41.0 Å². The molecule has 0 aromatic heterocycles. The van der Waals surface area contributed by atoms with Crippen LogP contribution in [0.1, 0.15) is 42.6 Å². The Labute approximate surface area is 107 Å². The van der Waals surface area contributed by atoms with E-state index in [2.05, 4.69) is 26.8 Å². The summed E-state index contributed by atoms with van der Waals surface area (Å²) in [6.45, 7) is 6.35. The van der Waals surface area contributed by atoms with Crippen molar-refractivity contribution >= 4 is 17.9 Å². The van der Waals surface area contributed by atoms with Gasteiger partial charge in [-0.25, -0.2) is 0 Å². The van der Waals surface area contributed by atoms with E-state index in [1.165, 1.54) is 16.7 Å². The van der Waals surface area contributed by atoms with Gasteiger partial charge in [-0.15, -0.1) is 0 Å². The van der Waals surface area contributed by atoms with Crippen molar-refractivity contribution in [2.75, 3.05) is 0 Å². The van der Waals surface area contributed by atoms with Crippen LogP contribution in [0.5, 0.6) is 0 Å². The number of hydrogen-bond donors (Lipinski definition) is 0. The number of benzene rings is 1. The maximum atomic E-state index is 11.1. The molecule has 1 aromatic rings. The SMILES string of the molecule is CC1=CC(c2ccc(Cl)cc2C=O)C(C)=C1C. The molecule has 1 unspecified atom stereocenters. The number of hydrogen-bond acceptors (Lipinski definition) is 1. The minimum absolute atomic E-state index is 0.215. The Morgan fingerprint density at radius 3 is 2.47 bits per heavy atom. The van der Waals surface area contributed by atoms with Crippen LogP contribution >= 0.6 is 11.6 Å². The van der Waals surface area contributed by atoms with E-state index in [0.29, 0.717) is 10.6 Å². The van der Waals surface area contributed by atoms with E-state index in [-0.39, 0.29) is 5.92 Å². The van der Waals surface area contributed by atoms with Gasteiger partial charge in [0.15, 0.2) is 0 Å². The molecule has 1 aromatic carbocycles. The van der Waals surface area contributed by atoms with Crippen LogP contribution in [0.4, 0.5) is 0 Å². The predicted octanol–water partition coefficient (Wildman–Crippen LogP) is 4.53. The van der Waals surface area contributed by atoms with Crippen LogP contribution in [-0.2, 0) is 0 Å². The van der Waals surface area contributed by atoms with E-state index in [1.807, 2.05) is 12.1 Å². The number of halogens is 1. The summed E-state index contributed by atoms with van der Waals surface area (Å²) < 4.78 is 0. The summed E-state index contributed by atoms with van der Waals surface area (Å²) in [7, 11) is 0. The second kappa shape index (κ2) is 4.50. The number of carbonyl (C=O) groups excluding carboxylic acids is 1. The van der Waals surface area contributed by atoms with Crippen molar-refractivity contribution in [3.8, 4) is 0 Å². The van der Waals surface area contributed by atoms with Crippen molar-refractivity contribution in [2.45, 2.75) is 26.7 Å². The molecule has 0 saturated carbocycles. The number of rotatable bonds is 2. The van der Waals surface area contributed by atoms with Gasteiger partial charge >= 0.3 is 0 Å². The summed E-state index contributed by atoms with van der Waals surface area (Å²) in [6, 6.07) is 5.52. The van der Waals surface area contributed by atoms with Crippen LogP contribution in [0.2, 0.25) is 5.02 Å². The lowest BCUT2D eigenvalue weighted by atomic mass is 9.90. The largest absolute Gasteiger partial charge is 0.298 e. The maximum Gasteiger partial charge on any atom is 0.150 e. The maximum absolute atomic E-state index is 11.1. The van der Waals surface area contributed by atoms with Crippen molar-refractivity contribution < 1.29 is 4.79 Å². The minimum Gasteiger partial charge on any atom is -0.298 e. The highest BCUT2D eigenvalue weighted by atomic mass is 35.5. The van der Waals surface area contributed by atoms with E-state index in [9.17, 15) is 4.79 Å². The van der Waals surface area contributed by atoms with Crippen molar-refractivity contribution in [2.24, 2.45) is 0 Å². The fraction of sp³-hybridized carbons (Fsp3) is 0.267. The number of allylic oxidation sites excluding steroid dienone is 4. The van der Waals surface area contributed by atoms with E-state index >= 15 is 0 Å². The fourth-order valence-electron chi connectivity index (χ4n) is 2.30. The first kappa shape index (κ1) is 12.1. The monoisotopic (exact) mass is 246 g/mol. The number of carbonyl (C=O) groups is 1. The molecule has 0 spiro atoms. The average Bonchev–Trinajstić information content (AvgIpc) is 2.57. The van der Waals surface area contributed by atoms with Crippen molar-refractivity contribution in [3.05, 3.63) is 57.1 Å². The molecular weight excluding hydrogens is 232 g/mol. The molecule has 0 radical (unpaired) electrons. The van der Waals surface area contributed by atoms with Crippen LogP contribution in [0.25, 0.3) is 0 Å². The zero-order chi connectivity index (χ0) is 12.6. The van der Waals surface area contributed by atoms with Gasteiger partial charge in [0.1, 0.15) is 6.29 Å². The second-order valence-corrected chi connectivity index (χ2v) is 4.96. The molecule has 0 N–H and O–H groups in total. The third-order valence-corrected chi connectivity index (χ3v) is 3.81. The predicted molar refractivity (Wildman–Crippen MR) is 71.7 cm³/mol. The van der Waals surface area contributed by atoms with Crippen molar-refractivity contribution in [1.29, 1.82) is 0 Å². The molecule has 2 rings (SSSR count). The Morgan fingerprint density at radius 2 is 1.94 bits per heavy atom. The fourth-order valence-corrected chi connectivity index (χ4v) is 2.48. The van der Waals surface area contributed by atoms with Gasteiger partial charge in [-0.3, -0.25) is 4.79 Å². The smallest absolute Gasteiger partial charge is 0.150 e. The molecule has 0 aliphatic heterocycles. The Bertz CT molecular complexity index is 538. The molecule has 1 aliphatic rings. The summed E-state index contributed by atoms with van der Waals surface area (Å²) in [4.78, 5) is 11.1. The summed E-state index contributed by atoms with van der Waals surface area (Å²) >= 11 is 5.91. The molecule has 1 aliphatic carbocycles. The van der Waals surface area contributed by atoms with Gasteiger partial charge in [-0.05, 0) is 44.0 Å². The van der Waals surface area contributed by atoms with Crippen LogP contribution in [0.3, 0.4) is 0 Å². The van der Waals surface area contributed by atoms with E-state index < -0.39 is 0 Å². The minimum atomic E-state index is 0.215. The van der Waals surface area contributed by atoms with Gasteiger partial charge in [0.2, 0.25) is 0 Å². The molecular formula is C15H15ClO. The highest BCUT2D eigenvalue weighted by Gasteiger charge is 2.22. The lowest BCUT2D eigenvalue weighted by Gasteiger charge is -2.13. The molecule has 0 bridgehead atoms. The first-order valence-electron chi connectivity index (χ1n) is 5.65. The molecule has 2 heteroatoms. The van der Waals surface area contributed by atoms with Crippen molar-refractivity contribution in [3.63, 3.8) is 0 Å². The molecule has 1 atom stereocenters. The first-order chi connectivity index (χ1) is 8.04. The Kier molecular flexibility index (Phi) is 3.21. The van der Waals surface area contributed by atoms with Crippen molar-refractivity contribution in [1.82, 2.24) is 0 Å². The summed E-state index contributed by atoms with van der Waals surface area (Å²) in [5.41, 5.74) is 5.65. The van der Waals surface area contributed by atoms with E-state index in [4.69, 9.17) is 11.6 Å². The molecule has 0 fully saturated rings. The lowest BCUT2D eigenvalue weighted by Crippen LogP contribution is -2.00. The van der Waals surface area contributed by atoms with Gasteiger partial charge in [0.25, 0.3) is 0 Å². The first-order valence-corrected chi connectivity index (χ1v) is 6.03. The third-order valence-electron chi connectivity index (χ3n) is 3.58. The summed E-state index contributed by atoms with van der Waals surface area (Å²) in [5.74, 6) is 0.215. The Balaban J connectivity index is 2.53. The van der Waals surface area contributed by atoms with Crippen LogP contribution in [0, 0.1) is 0 Å². The normalized spacial score (nSPS) is 19.5. The van der Waals surface area contributed by atoms with Gasteiger partial charge in [0.05, 0.1) is 0 Å². The molecule has 0 amide bonds. The highest BCUT2D eigenvalue weighted by Crippen LogP contribution is 2.38. The van der Waals surface area contributed by atoms with Gasteiger partial charge in [-0.2, -0.15) is 0 Å². The quantitative estimate of drug-likeness (QED) is 0.701. The zero-order valence-electron chi connectivity index (χ0n) is 10.3. The molecule has 0 saturated heterocycles. The van der Waals surface area contributed by atoms with E-state index in [1.54, 1.807) is 6.07 Å². The van der Waals surface area contributed by atoms with Crippen LogP contribution in [-0.4, -0.2) is 6.29 Å². The van der Waals surface area contributed by atoms with Gasteiger partial charge in [-0.1, -0.05) is 34.9 Å².